The van der Waals surface area contributed by atoms with Gasteiger partial charge in [0.15, 0.2) is 0 Å². The van der Waals surface area contributed by atoms with Crippen molar-refractivity contribution in [3.63, 3.8) is 0 Å². The van der Waals surface area contributed by atoms with Gasteiger partial charge in [-0.3, -0.25) is 14.5 Å². The molecule has 1 aromatic rings. The third-order valence-electron chi connectivity index (χ3n) is 3.11. The average molecular weight is 231 g/mol. The van der Waals surface area contributed by atoms with Crippen molar-refractivity contribution >= 4 is 11.8 Å². The van der Waals surface area contributed by atoms with E-state index >= 15 is 0 Å². The van der Waals surface area contributed by atoms with Gasteiger partial charge in [-0.15, -0.1) is 0 Å². The average Bonchev–Trinajstić information content (AvgIpc) is 2.54. The lowest BCUT2D eigenvalue weighted by Crippen LogP contribution is -2.30. The van der Waals surface area contributed by atoms with Crippen molar-refractivity contribution in [3.05, 3.63) is 34.9 Å². The summed E-state index contributed by atoms with van der Waals surface area (Å²) in [5.74, 6) is 0.0694. The highest BCUT2D eigenvalue weighted by atomic mass is 16.2. The van der Waals surface area contributed by atoms with Gasteiger partial charge in [0.25, 0.3) is 11.8 Å². The van der Waals surface area contributed by atoms with Crippen molar-refractivity contribution in [2.75, 3.05) is 6.54 Å². The molecule has 0 saturated heterocycles. The van der Waals surface area contributed by atoms with Gasteiger partial charge in [-0.25, -0.2) is 0 Å². The molecule has 0 aromatic heterocycles. The Bertz CT molecular complexity index is 477. The monoisotopic (exact) mass is 231 g/mol. The van der Waals surface area contributed by atoms with Crippen molar-refractivity contribution in [1.29, 1.82) is 0 Å². The van der Waals surface area contributed by atoms with E-state index in [4.69, 9.17) is 0 Å². The number of amides is 2. The van der Waals surface area contributed by atoms with Gasteiger partial charge < -0.3 is 0 Å². The van der Waals surface area contributed by atoms with Gasteiger partial charge >= 0.3 is 0 Å². The van der Waals surface area contributed by atoms with E-state index in [0.29, 0.717) is 23.6 Å². The fraction of sp³-hybridized carbons (Fsp3) is 0.429. The standard InChI is InChI=1S/C14H17NO2/c1-4-7-15-13(16)11-6-5-10(9(2)3)8-12(11)14(15)17/h5-6,8-9H,4,7H2,1-3H3. The zero-order chi connectivity index (χ0) is 12.6. The Labute approximate surface area is 101 Å². The maximum Gasteiger partial charge on any atom is 0.261 e. The molecule has 1 aromatic carbocycles. The first kappa shape index (κ1) is 11.8. The SMILES string of the molecule is CCCN1C(=O)c2ccc(C(C)C)cc2C1=O. The number of carbonyl (C=O) groups excluding carboxylic acids is 2. The predicted octanol–water partition coefficient (Wildman–Crippen LogP) is 2.82. The molecule has 1 heterocycles. The zero-order valence-corrected chi connectivity index (χ0v) is 10.5. The number of hydrogen-bond acceptors (Lipinski definition) is 2. The molecule has 0 radical (unpaired) electrons. The smallest absolute Gasteiger partial charge is 0.261 e. The van der Waals surface area contributed by atoms with Crippen LogP contribution in [0.3, 0.4) is 0 Å². The molecule has 0 saturated carbocycles. The van der Waals surface area contributed by atoms with Crippen molar-refractivity contribution < 1.29 is 9.59 Å². The van der Waals surface area contributed by atoms with Gasteiger partial charge in [-0.05, 0) is 30.0 Å². The van der Waals surface area contributed by atoms with E-state index in [1.165, 1.54) is 4.90 Å². The molecule has 0 spiro atoms. The topological polar surface area (TPSA) is 37.4 Å². The Morgan fingerprint density at radius 1 is 1.12 bits per heavy atom. The van der Waals surface area contributed by atoms with E-state index in [9.17, 15) is 9.59 Å². The first-order valence-electron chi connectivity index (χ1n) is 6.06. The molecule has 0 aliphatic carbocycles. The van der Waals surface area contributed by atoms with Crippen LogP contribution in [0.1, 0.15) is 59.4 Å². The summed E-state index contributed by atoms with van der Waals surface area (Å²) in [7, 11) is 0. The van der Waals surface area contributed by atoms with Gasteiger partial charge in [0, 0.05) is 6.54 Å². The van der Waals surface area contributed by atoms with Crippen LogP contribution >= 0.6 is 0 Å². The Hall–Kier alpha value is -1.64. The number of rotatable bonds is 3. The van der Waals surface area contributed by atoms with Crippen LogP contribution in [0.25, 0.3) is 0 Å². The van der Waals surface area contributed by atoms with E-state index in [1.807, 2.05) is 19.1 Å². The third kappa shape index (κ3) is 1.86. The lowest BCUT2D eigenvalue weighted by molar-refractivity contribution is 0.0654. The molecule has 2 rings (SSSR count). The quantitative estimate of drug-likeness (QED) is 0.750. The molecule has 1 aliphatic heterocycles. The van der Waals surface area contributed by atoms with Gasteiger partial charge in [0.05, 0.1) is 11.1 Å². The van der Waals surface area contributed by atoms with Crippen molar-refractivity contribution in [2.45, 2.75) is 33.1 Å². The molecule has 90 valence electrons. The lowest BCUT2D eigenvalue weighted by atomic mass is 9.98. The summed E-state index contributed by atoms with van der Waals surface area (Å²) < 4.78 is 0. The van der Waals surface area contributed by atoms with Gasteiger partial charge in [-0.1, -0.05) is 26.8 Å². The van der Waals surface area contributed by atoms with Crippen molar-refractivity contribution in [3.8, 4) is 0 Å². The summed E-state index contributed by atoms with van der Waals surface area (Å²) in [6.45, 7) is 6.62. The molecule has 3 heteroatoms. The van der Waals surface area contributed by atoms with Crippen LogP contribution in [0.2, 0.25) is 0 Å². The molecule has 0 fully saturated rings. The molecule has 0 bridgehead atoms. The van der Waals surface area contributed by atoms with E-state index in [1.54, 1.807) is 6.07 Å². The summed E-state index contributed by atoms with van der Waals surface area (Å²) in [4.78, 5) is 25.4. The summed E-state index contributed by atoms with van der Waals surface area (Å²) >= 11 is 0. The fourth-order valence-corrected chi connectivity index (χ4v) is 2.09. The summed E-state index contributed by atoms with van der Waals surface area (Å²) in [5.41, 5.74) is 2.21. The second kappa shape index (κ2) is 4.32. The molecule has 2 amide bonds. The molecule has 0 atom stereocenters. The van der Waals surface area contributed by atoms with Crippen molar-refractivity contribution in [2.24, 2.45) is 0 Å². The molecular weight excluding hydrogens is 214 g/mol. The third-order valence-corrected chi connectivity index (χ3v) is 3.11. The number of hydrogen-bond donors (Lipinski definition) is 0. The predicted molar refractivity (Wildman–Crippen MR) is 66.2 cm³/mol. The minimum atomic E-state index is -0.151. The Morgan fingerprint density at radius 3 is 2.35 bits per heavy atom. The van der Waals surface area contributed by atoms with Crippen LogP contribution in [-0.2, 0) is 0 Å². The number of nitrogens with zero attached hydrogens (tertiary/aromatic N) is 1. The first-order valence-corrected chi connectivity index (χ1v) is 6.06. The van der Waals surface area contributed by atoms with E-state index in [-0.39, 0.29) is 11.8 Å². The van der Waals surface area contributed by atoms with Crippen LogP contribution in [-0.4, -0.2) is 23.3 Å². The molecule has 0 N–H and O–H groups in total. The minimum absolute atomic E-state index is 0.144. The fourth-order valence-electron chi connectivity index (χ4n) is 2.09. The van der Waals surface area contributed by atoms with Crippen LogP contribution in [0.5, 0.6) is 0 Å². The van der Waals surface area contributed by atoms with E-state index in [0.717, 1.165) is 12.0 Å². The molecule has 3 nitrogen and oxygen atoms in total. The largest absolute Gasteiger partial charge is 0.274 e. The number of benzene rings is 1. The number of carbonyl (C=O) groups is 2. The van der Waals surface area contributed by atoms with Gasteiger partial charge in [0.2, 0.25) is 0 Å². The Kier molecular flexibility index (Phi) is 3.01. The van der Waals surface area contributed by atoms with E-state index < -0.39 is 0 Å². The molecule has 17 heavy (non-hydrogen) atoms. The maximum absolute atomic E-state index is 12.1. The second-order valence-corrected chi connectivity index (χ2v) is 4.72. The Morgan fingerprint density at radius 2 is 1.76 bits per heavy atom. The molecule has 1 aliphatic rings. The summed E-state index contributed by atoms with van der Waals surface area (Å²) in [5, 5.41) is 0. The lowest BCUT2D eigenvalue weighted by Gasteiger charge is -2.11. The van der Waals surface area contributed by atoms with Crippen LogP contribution in [0.15, 0.2) is 18.2 Å². The highest BCUT2D eigenvalue weighted by molar-refractivity contribution is 6.21. The molecule has 0 unspecified atom stereocenters. The highest BCUT2D eigenvalue weighted by Gasteiger charge is 2.34. The maximum atomic E-state index is 12.1. The Balaban J connectivity index is 2.43. The minimum Gasteiger partial charge on any atom is -0.274 e. The van der Waals surface area contributed by atoms with Crippen LogP contribution in [0, 0.1) is 0 Å². The van der Waals surface area contributed by atoms with Crippen LogP contribution in [0.4, 0.5) is 0 Å². The zero-order valence-electron chi connectivity index (χ0n) is 10.5. The summed E-state index contributed by atoms with van der Waals surface area (Å²) in [6, 6.07) is 5.57. The highest BCUT2D eigenvalue weighted by Crippen LogP contribution is 2.26. The van der Waals surface area contributed by atoms with E-state index in [2.05, 4.69) is 13.8 Å². The normalized spacial score (nSPS) is 14.7. The number of imide groups is 1. The van der Waals surface area contributed by atoms with Gasteiger partial charge in [-0.2, -0.15) is 0 Å². The van der Waals surface area contributed by atoms with Crippen LogP contribution < -0.4 is 0 Å². The summed E-state index contributed by atoms with van der Waals surface area (Å²) in [6.07, 6.45) is 0.794. The van der Waals surface area contributed by atoms with Gasteiger partial charge in [0.1, 0.15) is 0 Å². The first-order chi connectivity index (χ1) is 8.06. The number of fused-ring (bicyclic) bond motifs is 1. The second-order valence-electron chi connectivity index (χ2n) is 4.72. The molecular formula is C14H17NO2. The van der Waals surface area contributed by atoms with Crippen molar-refractivity contribution in [1.82, 2.24) is 4.90 Å².